The Labute approximate surface area is 150 Å². The molecule has 0 aliphatic carbocycles. The van der Waals surface area contributed by atoms with Crippen molar-refractivity contribution in [3.8, 4) is 11.1 Å². The van der Waals surface area contributed by atoms with Crippen molar-refractivity contribution in [2.45, 2.75) is 25.8 Å². The lowest BCUT2D eigenvalue weighted by Gasteiger charge is -2.28. The molecule has 3 heterocycles. The topological polar surface area (TPSA) is 31.4 Å². The van der Waals surface area contributed by atoms with Crippen LogP contribution in [0, 0.1) is 0 Å². The Kier molecular flexibility index (Phi) is 5.28. The van der Waals surface area contributed by atoms with Gasteiger partial charge in [-0.1, -0.05) is 30.7 Å². The van der Waals surface area contributed by atoms with E-state index in [-0.39, 0.29) is 0 Å². The molecule has 2 aliphatic rings. The highest BCUT2D eigenvalue weighted by atomic mass is 15.2. The molecule has 4 heteroatoms. The second-order valence-electron chi connectivity index (χ2n) is 7.18. The molecule has 2 aliphatic heterocycles. The maximum Gasteiger partial charge on any atom is 0.128 e. The number of likely N-dealkylation sites (tertiary alicyclic amines) is 1. The van der Waals surface area contributed by atoms with Crippen molar-refractivity contribution in [2.24, 2.45) is 0 Å². The van der Waals surface area contributed by atoms with E-state index >= 15 is 0 Å². The molecular formula is C21H28N4. The third-order valence-corrected chi connectivity index (χ3v) is 5.33. The summed E-state index contributed by atoms with van der Waals surface area (Å²) in [5, 5.41) is 3.38. The average Bonchev–Trinajstić information content (AvgIpc) is 2.70. The zero-order valence-electron chi connectivity index (χ0n) is 15.0. The van der Waals surface area contributed by atoms with Crippen LogP contribution >= 0.6 is 0 Å². The molecule has 2 saturated heterocycles. The Morgan fingerprint density at radius 3 is 2.20 bits per heavy atom. The summed E-state index contributed by atoms with van der Waals surface area (Å²) in [7, 11) is 0. The van der Waals surface area contributed by atoms with Crippen LogP contribution in [0.1, 0.15) is 24.8 Å². The minimum atomic E-state index is 1.04. The Morgan fingerprint density at radius 2 is 1.52 bits per heavy atom. The number of anilines is 1. The van der Waals surface area contributed by atoms with Crippen molar-refractivity contribution < 1.29 is 0 Å². The highest BCUT2D eigenvalue weighted by molar-refractivity contribution is 5.64. The van der Waals surface area contributed by atoms with Gasteiger partial charge in [-0.05, 0) is 49.2 Å². The fourth-order valence-electron chi connectivity index (χ4n) is 3.82. The Hall–Kier alpha value is -1.91. The summed E-state index contributed by atoms with van der Waals surface area (Å²) in [6, 6.07) is 13.4. The molecule has 4 nitrogen and oxygen atoms in total. The predicted molar refractivity (Wildman–Crippen MR) is 104 cm³/mol. The van der Waals surface area contributed by atoms with Crippen molar-refractivity contribution >= 4 is 5.82 Å². The first-order valence-electron chi connectivity index (χ1n) is 9.62. The maximum atomic E-state index is 4.68. The largest absolute Gasteiger partial charge is 0.354 e. The van der Waals surface area contributed by atoms with E-state index in [0.717, 1.165) is 38.5 Å². The fraction of sp³-hybridized carbons (Fsp3) is 0.476. The number of aromatic nitrogens is 1. The molecule has 0 radical (unpaired) electrons. The van der Waals surface area contributed by atoms with Crippen LogP contribution in [-0.4, -0.2) is 49.2 Å². The lowest BCUT2D eigenvalue weighted by Crippen LogP contribution is -2.43. The van der Waals surface area contributed by atoms with Gasteiger partial charge in [-0.3, -0.25) is 4.90 Å². The number of rotatable bonds is 4. The molecule has 2 fully saturated rings. The maximum absolute atomic E-state index is 4.68. The third kappa shape index (κ3) is 4.20. The van der Waals surface area contributed by atoms with Crippen LogP contribution in [-0.2, 0) is 6.54 Å². The zero-order valence-corrected chi connectivity index (χ0v) is 15.0. The van der Waals surface area contributed by atoms with Gasteiger partial charge in [0.1, 0.15) is 5.82 Å². The van der Waals surface area contributed by atoms with Gasteiger partial charge in [0.2, 0.25) is 0 Å². The Bertz CT molecular complexity index is 653. The van der Waals surface area contributed by atoms with Crippen molar-refractivity contribution in [3.05, 3.63) is 48.2 Å². The normalized spacial score (nSPS) is 19.1. The van der Waals surface area contributed by atoms with Gasteiger partial charge in [0, 0.05) is 44.5 Å². The van der Waals surface area contributed by atoms with E-state index in [0.29, 0.717) is 0 Å². The molecule has 4 rings (SSSR count). The quantitative estimate of drug-likeness (QED) is 0.929. The van der Waals surface area contributed by atoms with Crippen LogP contribution in [0.5, 0.6) is 0 Å². The number of nitrogens with zero attached hydrogens (tertiary/aromatic N) is 3. The summed E-state index contributed by atoms with van der Waals surface area (Å²) in [6.45, 7) is 7.75. The minimum absolute atomic E-state index is 1.04. The average molecular weight is 336 g/mol. The standard InChI is InChI=1S/C21H28N4/c1-2-12-24(13-3-1)17-18-4-6-19(7-5-18)20-8-9-21(23-16-20)25-14-10-22-11-15-25/h4-9,16,22H,1-3,10-15,17H2. The van der Waals surface area contributed by atoms with Gasteiger partial charge >= 0.3 is 0 Å². The van der Waals surface area contributed by atoms with Crippen molar-refractivity contribution in [3.63, 3.8) is 0 Å². The van der Waals surface area contributed by atoms with Crippen LogP contribution in [0.2, 0.25) is 0 Å². The summed E-state index contributed by atoms with van der Waals surface area (Å²) in [4.78, 5) is 9.61. The molecule has 1 aromatic carbocycles. The van der Waals surface area contributed by atoms with Gasteiger partial charge in [-0.25, -0.2) is 4.98 Å². The van der Waals surface area contributed by atoms with Crippen LogP contribution in [0.3, 0.4) is 0 Å². The van der Waals surface area contributed by atoms with Crippen molar-refractivity contribution in [2.75, 3.05) is 44.2 Å². The number of piperidine rings is 1. The van der Waals surface area contributed by atoms with Crippen molar-refractivity contribution in [1.82, 2.24) is 15.2 Å². The first-order chi connectivity index (χ1) is 12.4. The third-order valence-electron chi connectivity index (χ3n) is 5.33. The van der Waals surface area contributed by atoms with Crippen LogP contribution < -0.4 is 10.2 Å². The molecule has 0 amide bonds. The number of pyridine rings is 1. The second kappa shape index (κ2) is 7.98. The highest BCUT2D eigenvalue weighted by Gasteiger charge is 2.12. The molecule has 1 aromatic heterocycles. The van der Waals surface area contributed by atoms with E-state index in [2.05, 4.69) is 56.5 Å². The van der Waals surface area contributed by atoms with Crippen LogP contribution in [0.15, 0.2) is 42.6 Å². The molecule has 1 N–H and O–H groups in total. The Morgan fingerprint density at radius 1 is 0.800 bits per heavy atom. The molecule has 0 saturated carbocycles. The predicted octanol–water partition coefficient (Wildman–Crippen LogP) is 3.14. The first kappa shape index (κ1) is 16.6. The van der Waals surface area contributed by atoms with Gasteiger partial charge in [-0.2, -0.15) is 0 Å². The SMILES string of the molecule is c1cc(-c2ccc(N3CCNCC3)nc2)ccc1CN1CCCCC1. The van der Waals surface area contributed by atoms with E-state index in [1.54, 1.807) is 0 Å². The molecule has 132 valence electrons. The molecule has 0 unspecified atom stereocenters. The van der Waals surface area contributed by atoms with E-state index in [4.69, 9.17) is 0 Å². The number of benzene rings is 1. The molecule has 0 bridgehead atoms. The number of hydrogen-bond acceptors (Lipinski definition) is 4. The van der Waals surface area contributed by atoms with Gasteiger partial charge in [0.15, 0.2) is 0 Å². The summed E-state index contributed by atoms with van der Waals surface area (Å²) in [5.41, 5.74) is 3.86. The summed E-state index contributed by atoms with van der Waals surface area (Å²) < 4.78 is 0. The van der Waals surface area contributed by atoms with E-state index < -0.39 is 0 Å². The lowest BCUT2D eigenvalue weighted by molar-refractivity contribution is 0.221. The van der Waals surface area contributed by atoms with E-state index in [9.17, 15) is 0 Å². The van der Waals surface area contributed by atoms with Gasteiger partial charge in [0.05, 0.1) is 0 Å². The smallest absolute Gasteiger partial charge is 0.128 e. The van der Waals surface area contributed by atoms with Crippen LogP contribution in [0.4, 0.5) is 5.82 Å². The number of piperazine rings is 1. The number of nitrogens with one attached hydrogen (secondary N) is 1. The number of hydrogen-bond donors (Lipinski definition) is 1. The zero-order chi connectivity index (χ0) is 16.9. The van der Waals surface area contributed by atoms with E-state index in [1.807, 2.05) is 6.20 Å². The van der Waals surface area contributed by atoms with Gasteiger partial charge < -0.3 is 10.2 Å². The van der Waals surface area contributed by atoms with E-state index in [1.165, 1.54) is 49.0 Å². The summed E-state index contributed by atoms with van der Waals surface area (Å²) in [5.74, 6) is 1.09. The summed E-state index contributed by atoms with van der Waals surface area (Å²) in [6.07, 6.45) is 6.11. The highest BCUT2D eigenvalue weighted by Crippen LogP contribution is 2.22. The molecule has 0 spiro atoms. The van der Waals surface area contributed by atoms with Gasteiger partial charge in [-0.15, -0.1) is 0 Å². The fourth-order valence-corrected chi connectivity index (χ4v) is 3.82. The monoisotopic (exact) mass is 336 g/mol. The summed E-state index contributed by atoms with van der Waals surface area (Å²) >= 11 is 0. The molecule has 2 aromatic rings. The van der Waals surface area contributed by atoms with Crippen molar-refractivity contribution in [1.29, 1.82) is 0 Å². The first-order valence-corrected chi connectivity index (χ1v) is 9.62. The van der Waals surface area contributed by atoms with Crippen LogP contribution in [0.25, 0.3) is 11.1 Å². The van der Waals surface area contributed by atoms with Gasteiger partial charge in [0.25, 0.3) is 0 Å². The molecule has 0 atom stereocenters. The Balaban J connectivity index is 1.40. The lowest BCUT2D eigenvalue weighted by atomic mass is 10.0. The molecule has 25 heavy (non-hydrogen) atoms. The molecular weight excluding hydrogens is 308 g/mol. The minimum Gasteiger partial charge on any atom is -0.354 e. The second-order valence-corrected chi connectivity index (χ2v) is 7.18.